The number of carbonyl (C=O) groups is 6. The molecule has 2 saturated carbocycles. The Balaban J connectivity index is 1.62. The zero-order valence-corrected chi connectivity index (χ0v) is 34.3. The Labute approximate surface area is 340 Å². The number of Topliss-reactive ketones (excluding diaryl/α,β-unsaturated/α-hetero) is 2. The van der Waals surface area contributed by atoms with Crippen molar-refractivity contribution >= 4 is 63.3 Å². The van der Waals surface area contributed by atoms with E-state index in [0.717, 1.165) is 23.5 Å². The van der Waals surface area contributed by atoms with Gasteiger partial charge in [0, 0.05) is 40.7 Å². The van der Waals surface area contributed by atoms with Gasteiger partial charge in [-0.1, -0.05) is 94.6 Å². The zero-order chi connectivity index (χ0) is 43.0. The number of hydrogen-bond acceptors (Lipinski definition) is 15. The van der Waals surface area contributed by atoms with E-state index in [0.29, 0.717) is 5.56 Å². The van der Waals surface area contributed by atoms with Crippen LogP contribution in [0, 0.1) is 34.5 Å². The van der Waals surface area contributed by atoms with Gasteiger partial charge in [-0.2, -0.15) is 0 Å². The fourth-order valence-electron chi connectivity index (χ4n) is 9.37. The first-order valence-corrected chi connectivity index (χ1v) is 20.6. The second-order valence-electron chi connectivity index (χ2n) is 16.1. The molecule has 3 aliphatic rings. The van der Waals surface area contributed by atoms with Gasteiger partial charge in [-0.05, 0) is 23.3 Å². The fraction of sp³-hybridized carbons (Fsp3) is 0.561. The largest absolute Gasteiger partial charge is 0.507 e. The maximum atomic E-state index is 14.5. The van der Waals surface area contributed by atoms with Crippen LogP contribution in [-0.2, 0) is 28.7 Å². The third kappa shape index (κ3) is 7.81. The van der Waals surface area contributed by atoms with Gasteiger partial charge in [0.1, 0.15) is 30.0 Å². The lowest BCUT2D eigenvalue weighted by Crippen LogP contribution is -2.83. The maximum Gasteiger partial charge on any atom is 0.309 e. The Bertz CT molecular complexity index is 1840. The summed E-state index contributed by atoms with van der Waals surface area (Å²) >= 11 is 1.55. The van der Waals surface area contributed by atoms with Gasteiger partial charge >= 0.3 is 5.97 Å². The molecule has 0 heterocycles. The summed E-state index contributed by atoms with van der Waals surface area (Å²) in [6.45, 7) is 14.4. The van der Waals surface area contributed by atoms with E-state index in [2.05, 4.69) is 13.2 Å². The minimum absolute atomic E-state index is 0.0544. The maximum absolute atomic E-state index is 14.5. The lowest BCUT2D eigenvalue weighted by atomic mass is 9.36. The summed E-state index contributed by atoms with van der Waals surface area (Å²) in [7, 11) is 0. The van der Waals surface area contributed by atoms with E-state index in [-0.39, 0.29) is 47.0 Å². The Kier molecular flexibility index (Phi) is 14.0. The number of primary amides is 1. The van der Waals surface area contributed by atoms with E-state index >= 15 is 0 Å². The summed E-state index contributed by atoms with van der Waals surface area (Å²) in [5, 5.41) is 70.2. The number of carbonyl (C=O) groups excluding carboxylic acids is 6. The van der Waals surface area contributed by atoms with Crippen LogP contribution in [0.4, 0.5) is 0 Å². The summed E-state index contributed by atoms with van der Waals surface area (Å²) in [6.07, 6.45) is -0.304. The van der Waals surface area contributed by atoms with E-state index in [9.17, 15) is 59.4 Å². The van der Waals surface area contributed by atoms with Crippen molar-refractivity contribution in [3.8, 4) is 5.75 Å². The molecule has 0 bridgehead atoms. The lowest BCUT2D eigenvalue weighted by Gasteiger charge is -2.69. The molecule has 1 aromatic rings. The summed E-state index contributed by atoms with van der Waals surface area (Å²) in [5.41, 5.74) is -2.44. The third-order valence-corrected chi connectivity index (χ3v) is 14.7. The van der Waals surface area contributed by atoms with Gasteiger partial charge in [0.2, 0.25) is 5.91 Å². The molecule has 0 aliphatic heterocycles. The minimum Gasteiger partial charge on any atom is -0.507 e. The number of aliphatic hydroxyl groups is 5. The zero-order valence-electron chi connectivity index (χ0n) is 32.7. The number of amides is 1. The molecule has 16 heteroatoms. The number of phenolic OH excluding ortho intramolecular Hbond substituents is 1. The minimum atomic E-state index is -2.91. The Hall–Kier alpha value is -3.64. The van der Waals surface area contributed by atoms with E-state index in [1.807, 2.05) is 0 Å². The van der Waals surface area contributed by atoms with Crippen molar-refractivity contribution in [2.75, 3.05) is 18.1 Å². The second kappa shape index (κ2) is 17.3. The number of ether oxygens (including phenoxy) is 1. The van der Waals surface area contributed by atoms with E-state index in [4.69, 9.17) is 10.5 Å². The number of esters is 1. The van der Waals surface area contributed by atoms with Crippen LogP contribution in [0.2, 0.25) is 0 Å². The summed E-state index contributed by atoms with van der Waals surface area (Å²) < 4.78 is 5.12. The number of ketones is 2. The molecule has 3 aliphatic carbocycles. The summed E-state index contributed by atoms with van der Waals surface area (Å²) in [5.74, 6) is -11.0. The van der Waals surface area contributed by atoms with Crippen LogP contribution >= 0.6 is 23.5 Å². The predicted octanol–water partition coefficient (Wildman–Crippen LogP) is 2.45. The molecule has 4 rings (SSSR count). The van der Waals surface area contributed by atoms with Crippen molar-refractivity contribution < 1.29 is 64.1 Å². The monoisotopic (exact) mass is 831 g/mol. The number of aliphatic hydroxyl groups excluding tert-OH is 3. The third-order valence-electron chi connectivity index (χ3n) is 12.4. The molecular formula is C41H53NO13S2. The highest BCUT2D eigenvalue weighted by molar-refractivity contribution is 8.14. The van der Waals surface area contributed by atoms with Crippen LogP contribution in [0.25, 0.3) is 6.08 Å². The average molecular weight is 832 g/mol. The number of aromatic hydroxyl groups is 1. The number of allylic oxidation sites excluding steroid dienone is 2. The van der Waals surface area contributed by atoms with Crippen molar-refractivity contribution in [2.45, 2.75) is 89.3 Å². The highest BCUT2D eigenvalue weighted by Gasteiger charge is 2.80. The SMILES string of the molecule is C=CCC(=O)OCC(O)(CSC(=O)CC=C)CSC(=O)C/C=C/c1ccc2c(c1O)C(=O)[C@@H]1C(O)[C@@]3(O)C(=O)[C@H](C(N)=O)C(O)[C@H](C(C)C)[C@@]3(C)[C@H](O)[C@@]1(C)[C@@H]2C. The predicted molar refractivity (Wildman–Crippen MR) is 214 cm³/mol. The van der Waals surface area contributed by atoms with Gasteiger partial charge in [0.05, 0.1) is 30.1 Å². The highest BCUT2D eigenvalue weighted by Crippen LogP contribution is 2.68. The molecule has 57 heavy (non-hydrogen) atoms. The molecule has 2 fully saturated rings. The first kappa shape index (κ1) is 46.1. The Morgan fingerprint density at radius 2 is 1.58 bits per heavy atom. The van der Waals surface area contributed by atoms with Gasteiger partial charge in [-0.25, -0.2) is 0 Å². The molecule has 3 unspecified atom stereocenters. The molecule has 0 saturated heterocycles. The normalized spacial score (nSPS) is 33.1. The summed E-state index contributed by atoms with van der Waals surface area (Å²) in [6, 6.07) is 3.08. The van der Waals surface area contributed by atoms with Crippen molar-refractivity contribution in [1.29, 1.82) is 0 Å². The number of rotatable bonds is 15. The standard InChI is InChI=1S/C41H53NO13S2/c1-8-11-24(43)55-17-40(53,18-56-25(44)12-9-2)19-57-26(45)14-10-13-22-15-16-23-21(5)38(6)30(32(47)27(23)31(22)46)35(50)41(54)34(49)28(36(42)51)33(48)29(20(3)4)39(41,7)37(38)52/h8-10,13,15-16,20-21,28-30,33,35,37,46,48,50,52-54H,1-2,11-12,14,17-19H2,3-7H3,(H2,42,51)/b13-10+/t21-,28-,29+,30-,33?,35?,37-,38+,39+,40?,41+/m1/s1. The molecule has 11 atom stereocenters. The van der Waals surface area contributed by atoms with Crippen LogP contribution in [0.15, 0.2) is 43.5 Å². The Morgan fingerprint density at radius 1 is 1.00 bits per heavy atom. The number of nitrogens with two attached hydrogens (primary N) is 1. The first-order chi connectivity index (χ1) is 26.5. The van der Waals surface area contributed by atoms with Crippen molar-refractivity contribution in [3.63, 3.8) is 0 Å². The topological polar surface area (TPSA) is 259 Å². The van der Waals surface area contributed by atoms with Crippen molar-refractivity contribution in [3.05, 3.63) is 60.2 Å². The molecule has 1 aromatic carbocycles. The number of phenols is 1. The van der Waals surface area contributed by atoms with Gasteiger partial charge in [0.25, 0.3) is 0 Å². The highest BCUT2D eigenvalue weighted by atomic mass is 32.2. The lowest BCUT2D eigenvalue weighted by molar-refractivity contribution is -0.306. The average Bonchev–Trinajstić information content (AvgIpc) is 3.13. The molecule has 0 aromatic heterocycles. The van der Waals surface area contributed by atoms with Gasteiger partial charge in [0.15, 0.2) is 27.4 Å². The molecule has 14 nitrogen and oxygen atoms in total. The second-order valence-corrected chi connectivity index (χ2v) is 18.2. The molecule has 8 N–H and O–H groups in total. The van der Waals surface area contributed by atoms with Crippen LogP contribution in [0.1, 0.15) is 81.3 Å². The molecule has 0 radical (unpaired) electrons. The smallest absolute Gasteiger partial charge is 0.309 e. The van der Waals surface area contributed by atoms with Crippen LogP contribution < -0.4 is 5.73 Å². The van der Waals surface area contributed by atoms with Gasteiger partial charge < -0.3 is 41.1 Å². The molecule has 1 amide bonds. The van der Waals surface area contributed by atoms with Crippen LogP contribution in [-0.4, -0.2) is 112 Å². The first-order valence-electron chi connectivity index (χ1n) is 18.6. The molecule has 0 spiro atoms. The van der Waals surface area contributed by atoms with Crippen LogP contribution in [0.5, 0.6) is 5.75 Å². The number of benzene rings is 1. The van der Waals surface area contributed by atoms with Crippen molar-refractivity contribution in [1.82, 2.24) is 0 Å². The van der Waals surface area contributed by atoms with E-state index in [1.54, 1.807) is 33.8 Å². The number of thioether (sulfide) groups is 2. The Morgan fingerprint density at radius 3 is 2.12 bits per heavy atom. The molecule has 312 valence electrons. The summed E-state index contributed by atoms with van der Waals surface area (Å²) in [4.78, 5) is 77.9. The van der Waals surface area contributed by atoms with Gasteiger partial charge in [-0.15, -0.1) is 13.2 Å². The number of hydrogen-bond donors (Lipinski definition) is 7. The number of fused-ring (bicyclic) bond motifs is 3. The quantitative estimate of drug-likeness (QED) is 0.0761. The van der Waals surface area contributed by atoms with E-state index in [1.165, 1.54) is 37.3 Å². The fourth-order valence-corrected chi connectivity index (χ4v) is 11.2. The van der Waals surface area contributed by atoms with E-state index < -0.39 is 111 Å². The van der Waals surface area contributed by atoms with Crippen molar-refractivity contribution in [2.24, 2.45) is 40.2 Å². The van der Waals surface area contributed by atoms with Gasteiger partial charge in [-0.3, -0.25) is 28.8 Å². The molecular weight excluding hydrogens is 779 g/mol. The van der Waals surface area contributed by atoms with Crippen LogP contribution in [0.3, 0.4) is 0 Å².